The molecule has 1 aromatic rings. The van der Waals surface area contributed by atoms with Gasteiger partial charge in [0.2, 0.25) is 5.91 Å². The van der Waals surface area contributed by atoms with E-state index in [2.05, 4.69) is 5.32 Å². The summed E-state index contributed by atoms with van der Waals surface area (Å²) in [5.41, 5.74) is 0.810. The zero-order chi connectivity index (χ0) is 14.7. The van der Waals surface area contributed by atoms with Gasteiger partial charge in [0.05, 0.1) is 12.5 Å². The van der Waals surface area contributed by atoms with E-state index >= 15 is 0 Å². The predicted octanol–water partition coefficient (Wildman–Crippen LogP) is 2.03. The van der Waals surface area contributed by atoms with Gasteiger partial charge in [-0.3, -0.25) is 14.5 Å². The second-order valence-electron chi connectivity index (χ2n) is 5.07. The van der Waals surface area contributed by atoms with E-state index < -0.39 is 6.04 Å². The highest BCUT2D eigenvalue weighted by Gasteiger charge is 2.37. The molecule has 0 aliphatic carbocycles. The summed E-state index contributed by atoms with van der Waals surface area (Å²) in [6.45, 7) is 6.16. The van der Waals surface area contributed by atoms with Crippen LogP contribution in [0.3, 0.4) is 0 Å². The monoisotopic (exact) mass is 276 g/mol. The van der Waals surface area contributed by atoms with Crippen LogP contribution in [0.5, 0.6) is 5.75 Å². The van der Waals surface area contributed by atoms with E-state index in [1.807, 2.05) is 38.1 Å². The minimum absolute atomic E-state index is 0.116. The summed E-state index contributed by atoms with van der Waals surface area (Å²) >= 11 is 0. The highest BCUT2D eigenvalue weighted by atomic mass is 16.5. The van der Waals surface area contributed by atoms with E-state index in [0.717, 1.165) is 11.4 Å². The molecule has 5 nitrogen and oxygen atoms in total. The fourth-order valence-corrected chi connectivity index (χ4v) is 2.23. The summed E-state index contributed by atoms with van der Waals surface area (Å²) < 4.78 is 5.55. The van der Waals surface area contributed by atoms with Crippen molar-refractivity contribution in [2.45, 2.75) is 39.3 Å². The van der Waals surface area contributed by atoms with E-state index in [1.165, 1.54) is 4.90 Å². The van der Waals surface area contributed by atoms with Gasteiger partial charge in [-0.1, -0.05) is 0 Å². The van der Waals surface area contributed by atoms with Gasteiger partial charge in [0.25, 0.3) is 5.91 Å². The van der Waals surface area contributed by atoms with Gasteiger partial charge in [0, 0.05) is 12.2 Å². The Hall–Kier alpha value is -2.04. The first-order valence-corrected chi connectivity index (χ1v) is 6.88. The molecule has 1 saturated heterocycles. The molecule has 1 aliphatic rings. The van der Waals surface area contributed by atoms with Gasteiger partial charge in [0.15, 0.2) is 0 Å². The summed E-state index contributed by atoms with van der Waals surface area (Å²) in [4.78, 5) is 24.9. The molecule has 5 heteroatoms. The first-order chi connectivity index (χ1) is 9.51. The number of hydrogen-bond acceptors (Lipinski definition) is 4. The molecule has 0 spiro atoms. The Bertz CT molecular complexity index is 496. The normalized spacial score (nSPS) is 18.8. The van der Waals surface area contributed by atoms with Crippen LogP contribution in [0.2, 0.25) is 0 Å². The largest absolute Gasteiger partial charge is 0.491 e. The minimum atomic E-state index is -0.459. The summed E-state index contributed by atoms with van der Waals surface area (Å²) in [7, 11) is 0. The first kappa shape index (κ1) is 14.4. The highest BCUT2D eigenvalue weighted by Crippen LogP contribution is 2.21. The molecule has 1 unspecified atom stereocenters. The third-order valence-corrected chi connectivity index (χ3v) is 3.13. The van der Waals surface area contributed by atoms with Crippen LogP contribution in [0, 0.1) is 0 Å². The second-order valence-corrected chi connectivity index (χ2v) is 5.07. The van der Waals surface area contributed by atoms with Crippen molar-refractivity contribution in [3.63, 3.8) is 0 Å². The third kappa shape index (κ3) is 3.10. The number of benzene rings is 1. The van der Waals surface area contributed by atoms with Crippen molar-refractivity contribution in [1.82, 2.24) is 4.90 Å². The predicted molar refractivity (Wildman–Crippen MR) is 76.6 cm³/mol. The maximum atomic E-state index is 12.0. The lowest BCUT2D eigenvalue weighted by atomic mass is 10.2. The van der Waals surface area contributed by atoms with Crippen LogP contribution in [-0.2, 0) is 9.59 Å². The lowest BCUT2D eigenvalue weighted by molar-refractivity contribution is -0.138. The molecule has 0 bridgehead atoms. The van der Waals surface area contributed by atoms with Crippen molar-refractivity contribution in [1.29, 1.82) is 0 Å². The molecule has 1 atom stereocenters. The van der Waals surface area contributed by atoms with E-state index in [-0.39, 0.29) is 24.3 Å². The molecule has 1 aliphatic heterocycles. The highest BCUT2D eigenvalue weighted by molar-refractivity contribution is 6.06. The Kier molecular flexibility index (Phi) is 4.27. The smallest absolute Gasteiger partial charge is 0.252 e. The molecule has 1 N–H and O–H groups in total. The molecule has 0 saturated carbocycles. The van der Waals surface area contributed by atoms with Crippen LogP contribution in [0.15, 0.2) is 24.3 Å². The number of nitrogens with one attached hydrogen (secondary N) is 1. The fourth-order valence-electron chi connectivity index (χ4n) is 2.23. The van der Waals surface area contributed by atoms with Gasteiger partial charge in [-0.2, -0.15) is 0 Å². The van der Waals surface area contributed by atoms with Gasteiger partial charge in [0.1, 0.15) is 11.8 Å². The van der Waals surface area contributed by atoms with Crippen molar-refractivity contribution < 1.29 is 14.3 Å². The molecule has 1 aromatic carbocycles. The third-order valence-electron chi connectivity index (χ3n) is 3.13. The van der Waals surface area contributed by atoms with E-state index in [1.54, 1.807) is 6.92 Å². The van der Waals surface area contributed by atoms with Gasteiger partial charge < -0.3 is 10.1 Å². The SMILES string of the molecule is CCN1C(=O)CC(Nc2ccc(OC(C)C)cc2)C1=O. The number of likely N-dealkylation sites (tertiary alicyclic amines) is 1. The van der Waals surface area contributed by atoms with E-state index in [9.17, 15) is 9.59 Å². The number of amides is 2. The number of rotatable bonds is 5. The molecule has 1 fully saturated rings. The van der Waals surface area contributed by atoms with Crippen molar-refractivity contribution in [2.24, 2.45) is 0 Å². The summed E-state index contributed by atoms with van der Waals surface area (Å²) in [5.74, 6) is 0.518. The van der Waals surface area contributed by atoms with Crippen molar-refractivity contribution >= 4 is 17.5 Å². The quantitative estimate of drug-likeness (QED) is 0.836. The maximum Gasteiger partial charge on any atom is 0.252 e. The Labute approximate surface area is 118 Å². The molecule has 1 heterocycles. The molecule has 20 heavy (non-hydrogen) atoms. The zero-order valence-electron chi connectivity index (χ0n) is 12.1. The van der Waals surface area contributed by atoms with Crippen molar-refractivity contribution in [3.8, 4) is 5.75 Å². The van der Waals surface area contributed by atoms with Crippen LogP contribution in [-0.4, -0.2) is 35.4 Å². The average molecular weight is 276 g/mol. The number of ether oxygens (including phenoxy) is 1. The first-order valence-electron chi connectivity index (χ1n) is 6.88. The van der Waals surface area contributed by atoms with E-state index in [0.29, 0.717) is 6.54 Å². The van der Waals surface area contributed by atoms with Crippen LogP contribution in [0.4, 0.5) is 5.69 Å². The van der Waals surface area contributed by atoms with Gasteiger partial charge >= 0.3 is 0 Å². The summed E-state index contributed by atoms with van der Waals surface area (Å²) in [6.07, 6.45) is 0.345. The van der Waals surface area contributed by atoms with Crippen LogP contribution in [0.1, 0.15) is 27.2 Å². The number of anilines is 1. The molecule has 108 valence electrons. The maximum absolute atomic E-state index is 12.0. The van der Waals surface area contributed by atoms with Crippen molar-refractivity contribution in [2.75, 3.05) is 11.9 Å². The van der Waals surface area contributed by atoms with Crippen LogP contribution < -0.4 is 10.1 Å². The lowest BCUT2D eigenvalue weighted by Crippen LogP contribution is -2.34. The fraction of sp³-hybridized carbons (Fsp3) is 0.467. The molecule has 2 rings (SSSR count). The van der Waals surface area contributed by atoms with E-state index in [4.69, 9.17) is 4.74 Å². The number of carbonyl (C=O) groups is 2. The Morgan fingerprint density at radius 1 is 1.30 bits per heavy atom. The topological polar surface area (TPSA) is 58.6 Å². The lowest BCUT2D eigenvalue weighted by Gasteiger charge is -2.15. The standard InChI is InChI=1S/C15H20N2O3/c1-4-17-14(18)9-13(15(17)19)16-11-5-7-12(8-6-11)20-10(2)3/h5-8,10,13,16H,4,9H2,1-3H3. The number of likely N-dealkylation sites (N-methyl/N-ethyl adjacent to an activating group) is 1. The number of carbonyl (C=O) groups excluding carboxylic acids is 2. The van der Waals surface area contributed by atoms with Crippen LogP contribution >= 0.6 is 0 Å². The van der Waals surface area contributed by atoms with Gasteiger partial charge in [-0.05, 0) is 45.0 Å². The molecule has 0 radical (unpaired) electrons. The number of hydrogen-bond donors (Lipinski definition) is 1. The van der Waals surface area contributed by atoms with Crippen LogP contribution in [0.25, 0.3) is 0 Å². The minimum Gasteiger partial charge on any atom is -0.491 e. The summed E-state index contributed by atoms with van der Waals surface area (Å²) in [5, 5.41) is 3.10. The molecular weight excluding hydrogens is 256 g/mol. The Morgan fingerprint density at radius 3 is 2.45 bits per heavy atom. The zero-order valence-corrected chi connectivity index (χ0v) is 12.1. The molecular formula is C15H20N2O3. The number of nitrogens with zero attached hydrogens (tertiary/aromatic N) is 1. The van der Waals surface area contributed by atoms with Crippen molar-refractivity contribution in [3.05, 3.63) is 24.3 Å². The second kappa shape index (κ2) is 5.94. The van der Waals surface area contributed by atoms with Gasteiger partial charge in [-0.15, -0.1) is 0 Å². The van der Waals surface area contributed by atoms with Gasteiger partial charge in [-0.25, -0.2) is 0 Å². The molecule has 2 amide bonds. The summed E-state index contributed by atoms with van der Waals surface area (Å²) in [6, 6.07) is 6.94. The average Bonchev–Trinajstić information content (AvgIpc) is 2.66. The Balaban J connectivity index is 2.00. The molecule has 0 aromatic heterocycles. The Morgan fingerprint density at radius 2 is 1.95 bits per heavy atom. The number of imide groups is 1.